The quantitative estimate of drug-likeness (QED) is 0.815. The van der Waals surface area contributed by atoms with Crippen LogP contribution in [-0.4, -0.2) is 46.8 Å². The van der Waals surface area contributed by atoms with E-state index in [1.54, 1.807) is 24.3 Å². The third-order valence-corrected chi connectivity index (χ3v) is 5.01. The number of amides is 1. The molecule has 2 unspecified atom stereocenters. The lowest BCUT2D eigenvalue weighted by atomic mass is 9.97. The standard InChI is InChI=1S/C18H18ClF2NO4/c19-12-3-1-2-4-16(12)26-11-8-17(23)22(9-11)15(18(24)25)7-10-5-13(20)14(21)6-10/h1-4,8,10,13-15H,5-7,9H2,(H,24,25)/t10?,13-,14+,15?. The number of para-hydroxylation sites is 1. The van der Waals surface area contributed by atoms with E-state index in [2.05, 4.69) is 0 Å². The first-order chi connectivity index (χ1) is 12.3. The van der Waals surface area contributed by atoms with Gasteiger partial charge in [0.1, 0.15) is 29.9 Å². The van der Waals surface area contributed by atoms with Crippen LogP contribution in [-0.2, 0) is 9.59 Å². The van der Waals surface area contributed by atoms with Crippen LogP contribution in [0.3, 0.4) is 0 Å². The lowest BCUT2D eigenvalue weighted by Crippen LogP contribution is -2.43. The maximum absolute atomic E-state index is 13.4. The zero-order chi connectivity index (χ0) is 18.8. The van der Waals surface area contributed by atoms with Crippen molar-refractivity contribution in [3.63, 3.8) is 0 Å². The summed E-state index contributed by atoms with van der Waals surface area (Å²) < 4.78 is 32.3. The number of ether oxygens (including phenoxy) is 1. The lowest BCUT2D eigenvalue weighted by Gasteiger charge is -2.26. The van der Waals surface area contributed by atoms with E-state index in [1.807, 2.05) is 0 Å². The minimum absolute atomic E-state index is 0.00905. The van der Waals surface area contributed by atoms with Crippen molar-refractivity contribution in [3.05, 3.63) is 41.1 Å². The summed E-state index contributed by atoms with van der Waals surface area (Å²) in [4.78, 5) is 25.0. The van der Waals surface area contributed by atoms with Gasteiger partial charge in [-0.2, -0.15) is 0 Å². The van der Waals surface area contributed by atoms with Crippen molar-refractivity contribution in [2.24, 2.45) is 5.92 Å². The molecular formula is C18H18ClF2NO4. The van der Waals surface area contributed by atoms with E-state index in [4.69, 9.17) is 16.3 Å². The van der Waals surface area contributed by atoms with Gasteiger partial charge in [-0.3, -0.25) is 4.79 Å². The lowest BCUT2D eigenvalue weighted by molar-refractivity contribution is -0.148. The number of hydrogen-bond acceptors (Lipinski definition) is 3. The van der Waals surface area contributed by atoms with Crippen LogP contribution in [0.15, 0.2) is 36.1 Å². The van der Waals surface area contributed by atoms with E-state index < -0.39 is 36.2 Å². The van der Waals surface area contributed by atoms with E-state index in [0.717, 1.165) is 4.90 Å². The maximum Gasteiger partial charge on any atom is 0.326 e. The number of carboxylic acid groups (broad SMARTS) is 1. The van der Waals surface area contributed by atoms with Crippen molar-refractivity contribution in [1.82, 2.24) is 4.90 Å². The van der Waals surface area contributed by atoms with Crippen LogP contribution in [0.2, 0.25) is 5.02 Å². The molecule has 0 aromatic heterocycles. The average Bonchev–Trinajstić information content (AvgIpc) is 3.09. The first-order valence-corrected chi connectivity index (χ1v) is 8.67. The van der Waals surface area contributed by atoms with Crippen LogP contribution in [0.25, 0.3) is 0 Å². The Hall–Kier alpha value is -2.15. The van der Waals surface area contributed by atoms with Gasteiger partial charge in [0.2, 0.25) is 0 Å². The molecule has 1 fully saturated rings. The minimum atomic E-state index is -1.57. The molecule has 5 nitrogen and oxygen atoms in total. The number of hydrogen-bond donors (Lipinski definition) is 1. The summed E-state index contributed by atoms with van der Waals surface area (Å²) in [5, 5.41) is 9.86. The number of carboxylic acids is 1. The molecule has 140 valence electrons. The van der Waals surface area contributed by atoms with Crippen LogP contribution in [0.1, 0.15) is 19.3 Å². The molecule has 0 radical (unpaired) electrons. The molecule has 4 atom stereocenters. The molecule has 1 aliphatic carbocycles. The van der Waals surface area contributed by atoms with E-state index in [1.165, 1.54) is 6.08 Å². The van der Waals surface area contributed by atoms with Crippen LogP contribution in [0.4, 0.5) is 8.78 Å². The van der Waals surface area contributed by atoms with Crippen molar-refractivity contribution in [1.29, 1.82) is 0 Å². The second kappa shape index (κ2) is 7.61. The Bertz CT molecular complexity index is 732. The zero-order valence-electron chi connectivity index (χ0n) is 13.8. The van der Waals surface area contributed by atoms with Gasteiger partial charge in [0.25, 0.3) is 5.91 Å². The number of rotatable bonds is 6. The van der Waals surface area contributed by atoms with Crippen molar-refractivity contribution in [2.45, 2.75) is 37.6 Å². The molecule has 1 amide bonds. The van der Waals surface area contributed by atoms with Gasteiger partial charge < -0.3 is 14.7 Å². The Balaban J connectivity index is 1.67. The number of alkyl halides is 2. The molecule has 0 saturated heterocycles. The highest BCUT2D eigenvalue weighted by Crippen LogP contribution is 2.35. The molecule has 1 aliphatic heterocycles. The fourth-order valence-corrected chi connectivity index (χ4v) is 3.58. The fraction of sp³-hybridized carbons (Fsp3) is 0.444. The number of carbonyl (C=O) groups is 2. The van der Waals surface area contributed by atoms with Crippen molar-refractivity contribution in [2.75, 3.05) is 6.54 Å². The third kappa shape index (κ3) is 3.98. The maximum atomic E-state index is 13.4. The smallest absolute Gasteiger partial charge is 0.326 e. The molecule has 26 heavy (non-hydrogen) atoms. The number of halogens is 3. The van der Waals surface area contributed by atoms with Crippen LogP contribution in [0, 0.1) is 5.92 Å². The molecule has 1 saturated carbocycles. The summed E-state index contributed by atoms with van der Waals surface area (Å²) in [5.41, 5.74) is 0. The summed E-state index contributed by atoms with van der Waals surface area (Å²) in [5.74, 6) is -1.50. The first-order valence-electron chi connectivity index (χ1n) is 8.29. The molecule has 3 rings (SSSR count). The first kappa shape index (κ1) is 18.6. The van der Waals surface area contributed by atoms with Gasteiger partial charge >= 0.3 is 5.97 Å². The SMILES string of the molecule is O=C(O)C(CC1C[C@@H](F)[C@@H](F)C1)N1CC(Oc2ccccc2Cl)=CC1=O. The molecule has 1 aromatic rings. The number of nitrogens with zero attached hydrogens (tertiary/aromatic N) is 1. The normalized spacial score (nSPS) is 26.7. The molecule has 1 aromatic carbocycles. The highest BCUT2D eigenvalue weighted by atomic mass is 35.5. The molecule has 0 spiro atoms. The number of carbonyl (C=O) groups excluding carboxylic acids is 1. The molecule has 0 bridgehead atoms. The van der Waals surface area contributed by atoms with Crippen molar-refractivity contribution < 1.29 is 28.2 Å². The highest BCUT2D eigenvalue weighted by molar-refractivity contribution is 6.32. The topological polar surface area (TPSA) is 66.8 Å². The van der Waals surface area contributed by atoms with E-state index in [9.17, 15) is 23.5 Å². The van der Waals surface area contributed by atoms with Gasteiger partial charge in [0.15, 0.2) is 0 Å². The minimum Gasteiger partial charge on any atom is -0.480 e. The molecule has 1 heterocycles. The van der Waals surface area contributed by atoms with Gasteiger partial charge in [-0.15, -0.1) is 0 Å². The summed E-state index contributed by atoms with van der Waals surface area (Å²) in [7, 11) is 0. The molecule has 1 N–H and O–H groups in total. The van der Waals surface area contributed by atoms with Gasteiger partial charge in [-0.25, -0.2) is 13.6 Å². The summed E-state index contributed by atoms with van der Waals surface area (Å²) in [6.45, 7) is -0.0359. The monoisotopic (exact) mass is 385 g/mol. The van der Waals surface area contributed by atoms with Gasteiger partial charge in [-0.05, 0) is 37.3 Å². The van der Waals surface area contributed by atoms with E-state index >= 15 is 0 Å². The summed E-state index contributed by atoms with van der Waals surface area (Å²) in [6.07, 6.45) is -1.96. The molecule has 8 heteroatoms. The fourth-order valence-electron chi connectivity index (χ4n) is 3.40. The highest BCUT2D eigenvalue weighted by Gasteiger charge is 2.40. The van der Waals surface area contributed by atoms with Crippen molar-refractivity contribution >= 4 is 23.5 Å². The van der Waals surface area contributed by atoms with Gasteiger partial charge in [0.05, 0.1) is 11.6 Å². The van der Waals surface area contributed by atoms with E-state index in [0.29, 0.717) is 10.8 Å². The second-order valence-electron chi connectivity index (χ2n) is 6.57. The Morgan fingerprint density at radius 1 is 1.31 bits per heavy atom. The van der Waals surface area contributed by atoms with Gasteiger partial charge in [-0.1, -0.05) is 23.7 Å². The largest absolute Gasteiger partial charge is 0.480 e. The Labute approximate surface area is 154 Å². The third-order valence-electron chi connectivity index (χ3n) is 4.70. The summed E-state index contributed by atoms with van der Waals surface area (Å²) in [6, 6.07) is 5.55. The predicted octanol–water partition coefficient (Wildman–Crippen LogP) is 3.37. The summed E-state index contributed by atoms with van der Waals surface area (Å²) >= 11 is 6.01. The number of aliphatic carboxylic acids is 1. The van der Waals surface area contributed by atoms with Crippen LogP contribution >= 0.6 is 11.6 Å². The van der Waals surface area contributed by atoms with E-state index in [-0.39, 0.29) is 31.6 Å². The van der Waals surface area contributed by atoms with Crippen LogP contribution in [0.5, 0.6) is 5.75 Å². The Kier molecular flexibility index (Phi) is 5.46. The average molecular weight is 386 g/mol. The Morgan fingerprint density at radius 2 is 1.96 bits per heavy atom. The molecular weight excluding hydrogens is 368 g/mol. The van der Waals surface area contributed by atoms with Crippen LogP contribution < -0.4 is 4.74 Å². The second-order valence-corrected chi connectivity index (χ2v) is 6.98. The predicted molar refractivity (Wildman–Crippen MR) is 90.4 cm³/mol. The zero-order valence-corrected chi connectivity index (χ0v) is 14.5. The van der Waals surface area contributed by atoms with Crippen molar-refractivity contribution in [3.8, 4) is 5.75 Å². The molecule has 2 aliphatic rings. The van der Waals surface area contributed by atoms with Gasteiger partial charge in [0, 0.05) is 6.08 Å². The number of benzene rings is 1. The Morgan fingerprint density at radius 3 is 2.58 bits per heavy atom.